The first kappa shape index (κ1) is 10.2. The van der Waals surface area contributed by atoms with Gasteiger partial charge in [0.05, 0.1) is 0 Å². The maximum atomic E-state index is 3.67. The van der Waals surface area contributed by atoms with E-state index in [4.69, 9.17) is 0 Å². The molecule has 0 unspecified atom stereocenters. The van der Waals surface area contributed by atoms with Gasteiger partial charge in [0.15, 0.2) is 0 Å². The van der Waals surface area contributed by atoms with Crippen LogP contribution in [0, 0.1) is 0 Å². The predicted octanol–water partition coefficient (Wildman–Crippen LogP) is 1.78. The Labute approximate surface area is 87.4 Å². The number of hydrogen-bond acceptors (Lipinski definition) is 2. The molecule has 2 nitrogen and oxygen atoms in total. The molecule has 1 aliphatic carbocycles. The summed E-state index contributed by atoms with van der Waals surface area (Å²) in [6.07, 6.45) is 8.04. The number of rotatable bonds is 4. The summed E-state index contributed by atoms with van der Waals surface area (Å²) in [4.78, 5) is 2.48. The largest absolute Gasteiger partial charge is 0.310 e. The smallest absolute Gasteiger partial charge is 0.0209 e. The Hall–Kier alpha value is -0.340. The van der Waals surface area contributed by atoms with E-state index in [9.17, 15) is 0 Å². The van der Waals surface area contributed by atoms with E-state index >= 15 is 0 Å². The third-order valence-corrected chi connectivity index (χ3v) is 3.49. The molecule has 0 bridgehead atoms. The van der Waals surface area contributed by atoms with Crippen LogP contribution < -0.4 is 5.32 Å². The van der Waals surface area contributed by atoms with Crippen LogP contribution in [0.15, 0.2) is 11.6 Å². The first-order chi connectivity index (χ1) is 6.88. The predicted molar refractivity (Wildman–Crippen MR) is 60.5 cm³/mol. The van der Waals surface area contributed by atoms with Crippen LogP contribution in [-0.2, 0) is 0 Å². The van der Waals surface area contributed by atoms with E-state index < -0.39 is 0 Å². The van der Waals surface area contributed by atoms with E-state index in [2.05, 4.69) is 23.2 Å². The fourth-order valence-corrected chi connectivity index (χ4v) is 2.45. The molecule has 0 spiro atoms. The zero-order chi connectivity index (χ0) is 9.80. The van der Waals surface area contributed by atoms with Crippen molar-refractivity contribution in [3.05, 3.63) is 11.6 Å². The highest BCUT2D eigenvalue weighted by Gasteiger charge is 2.16. The minimum Gasteiger partial charge on any atom is -0.310 e. The lowest BCUT2D eigenvalue weighted by Crippen LogP contribution is -2.29. The molecule has 0 aromatic rings. The van der Waals surface area contributed by atoms with Crippen molar-refractivity contribution in [3.63, 3.8) is 0 Å². The van der Waals surface area contributed by atoms with Gasteiger partial charge in [-0.15, -0.1) is 0 Å². The number of nitrogens with one attached hydrogen (secondary N) is 1. The first-order valence-corrected chi connectivity index (χ1v) is 6.02. The summed E-state index contributed by atoms with van der Waals surface area (Å²) < 4.78 is 0. The van der Waals surface area contributed by atoms with E-state index in [-0.39, 0.29) is 0 Å². The molecule has 2 heteroatoms. The Morgan fingerprint density at radius 2 is 2.21 bits per heavy atom. The van der Waals surface area contributed by atoms with Crippen LogP contribution in [0.25, 0.3) is 0 Å². The molecule has 1 fully saturated rings. The van der Waals surface area contributed by atoms with Crippen molar-refractivity contribution in [2.45, 2.75) is 38.6 Å². The number of nitrogens with zero attached hydrogens (tertiary/aromatic N) is 1. The van der Waals surface area contributed by atoms with Crippen molar-refractivity contribution < 1.29 is 0 Å². The zero-order valence-corrected chi connectivity index (χ0v) is 9.26. The fraction of sp³-hybridized carbons (Fsp3) is 0.833. The standard InChI is InChI=1S/C12H22N2/c1-2-14-8-7-11(10-14)9-13-12-5-3-4-6-12/h7,12-13H,2-6,8-10H2,1H3. The highest BCUT2D eigenvalue weighted by Crippen LogP contribution is 2.18. The van der Waals surface area contributed by atoms with Crippen molar-refractivity contribution in [1.29, 1.82) is 0 Å². The highest BCUT2D eigenvalue weighted by atomic mass is 15.1. The lowest BCUT2D eigenvalue weighted by Gasteiger charge is -2.15. The van der Waals surface area contributed by atoms with Gasteiger partial charge in [-0.3, -0.25) is 4.90 Å². The Morgan fingerprint density at radius 3 is 2.86 bits per heavy atom. The molecule has 1 N–H and O–H groups in total. The summed E-state index contributed by atoms with van der Waals surface area (Å²) in [5.41, 5.74) is 1.60. The molecule has 2 rings (SSSR count). The summed E-state index contributed by atoms with van der Waals surface area (Å²) in [5, 5.41) is 3.67. The molecule has 0 saturated heterocycles. The molecule has 0 radical (unpaired) electrons. The molecule has 0 atom stereocenters. The van der Waals surface area contributed by atoms with Gasteiger partial charge in [-0.25, -0.2) is 0 Å². The lowest BCUT2D eigenvalue weighted by molar-refractivity contribution is 0.365. The maximum Gasteiger partial charge on any atom is 0.0209 e. The Bertz CT molecular complexity index is 204. The van der Waals surface area contributed by atoms with Gasteiger partial charge in [0, 0.05) is 25.7 Å². The SMILES string of the molecule is CCN1CC=C(CNC2CCCC2)C1. The van der Waals surface area contributed by atoms with E-state index in [0.29, 0.717) is 0 Å². The molecule has 80 valence electrons. The van der Waals surface area contributed by atoms with Crippen LogP contribution in [-0.4, -0.2) is 37.1 Å². The first-order valence-electron chi connectivity index (χ1n) is 6.02. The van der Waals surface area contributed by atoms with Crippen LogP contribution in [0.3, 0.4) is 0 Å². The molecule has 2 aliphatic rings. The monoisotopic (exact) mass is 194 g/mol. The molecule has 0 aromatic carbocycles. The van der Waals surface area contributed by atoms with Crippen molar-refractivity contribution >= 4 is 0 Å². The molecular formula is C12H22N2. The third-order valence-electron chi connectivity index (χ3n) is 3.49. The van der Waals surface area contributed by atoms with Crippen LogP contribution in [0.1, 0.15) is 32.6 Å². The molecular weight excluding hydrogens is 172 g/mol. The van der Waals surface area contributed by atoms with Gasteiger partial charge in [0.25, 0.3) is 0 Å². The Kier molecular flexibility index (Phi) is 3.60. The molecule has 14 heavy (non-hydrogen) atoms. The van der Waals surface area contributed by atoms with Crippen LogP contribution in [0.4, 0.5) is 0 Å². The van der Waals surface area contributed by atoms with Gasteiger partial charge in [0.2, 0.25) is 0 Å². The second-order valence-corrected chi connectivity index (χ2v) is 4.55. The quantitative estimate of drug-likeness (QED) is 0.686. The topological polar surface area (TPSA) is 15.3 Å². The average Bonchev–Trinajstić information content (AvgIpc) is 2.86. The molecule has 1 saturated carbocycles. The van der Waals surface area contributed by atoms with Gasteiger partial charge in [-0.2, -0.15) is 0 Å². The number of hydrogen-bond donors (Lipinski definition) is 1. The molecule has 0 aromatic heterocycles. The Morgan fingerprint density at radius 1 is 1.43 bits per heavy atom. The number of likely N-dealkylation sites (N-methyl/N-ethyl adjacent to an activating group) is 1. The highest BCUT2D eigenvalue weighted by molar-refractivity contribution is 5.13. The summed E-state index contributed by atoms with van der Waals surface area (Å²) in [6.45, 7) is 6.90. The second kappa shape index (κ2) is 4.94. The van der Waals surface area contributed by atoms with Crippen molar-refractivity contribution in [2.75, 3.05) is 26.2 Å². The van der Waals surface area contributed by atoms with E-state index in [0.717, 1.165) is 19.1 Å². The van der Waals surface area contributed by atoms with Gasteiger partial charge in [0.1, 0.15) is 0 Å². The Balaban J connectivity index is 1.66. The van der Waals surface area contributed by atoms with Crippen molar-refractivity contribution in [1.82, 2.24) is 10.2 Å². The fourth-order valence-electron chi connectivity index (χ4n) is 2.45. The summed E-state index contributed by atoms with van der Waals surface area (Å²) in [5.74, 6) is 0. The lowest BCUT2D eigenvalue weighted by atomic mass is 10.2. The van der Waals surface area contributed by atoms with Crippen LogP contribution in [0.5, 0.6) is 0 Å². The maximum absolute atomic E-state index is 3.67. The summed E-state index contributed by atoms with van der Waals surface area (Å²) in [6, 6.07) is 0.812. The van der Waals surface area contributed by atoms with E-state index in [1.54, 1.807) is 5.57 Å². The van der Waals surface area contributed by atoms with E-state index in [1.165, 1.54) is 38.8 Å². The minimum atomic E-state index is 0.812. The van der Waals surface area contributed by atoms with Crippen molar-refractivity contribution in [2.24, 2.45) is 0 Å². The summed E-state index contributed by atoms with van der Waals surface area (Å²) >= 11 is 0. The van der Waals surface area contributed by atoms with Crippen molar-refractivity contribution in [3.8, 4) is 0 Å². The van der Waals surface area contributed by atoms with Crippen LogP contribution in [0.2, 0.25) is 0 Å². The minimum absolute atomic E-state index is 0.812. The van der Waals surface area contributed by atoms with Gasteiger partial charge >= 0.3 is 0 Å². The van der Waals surface area contributed by atoms with E-state index in [1.807, 2.05) is 0 Å². The molecule has 1 heterocycles. The normalized spacial score (nSPS) is 24.5. The average molecular weight is 194 g/mol. The molecule has 1 aliphatic heterocycles. The van der Waals surface area contributed by atoms with Gasteiger partial charge in [-0.05, 0) is 25.0 Å². The summed E-state index contributed by atoms with van der Waals surface area (Å²) in [7, 11) is 0. The molecule has 0 amide bonds. The second-order valence-electron chi connectivity index (χ2n) is 4.55. The van der Waals surface area contributed by atoms with Gasteiger partial charge < -0.3 is 5.32 Å². The van der Waals surface area contributed by atoms with Crippen LogP contribution >= 0.6 is 0 Å². The third kappa shape index (κ3) is 2.58. The van der Waals surface area contributed by atoms with Gasteiger partial charge in [-0.1, -0.05) is 25.8 Å². The zero-order valence-electron chi connectivity index (χ0n) is 9.26.